The maximum Gasteiger partial charge on any atom is 0.275 e. The van der Waals surface area contributed by atoms with E-state index in [9.17, 15) is 9.59 Å². The van der Waals surface area contributed by atoms with Gasteiger partial charge in [0.25, 0.3) is 5.56 Å². The highest BCUT2D eigenvalue weighted by molar-refractivity contribution is 6.31. The highest BCUT2D eigenvalue weighted by atomic mass is 35.5. The van der Waals surface area contributed by atoms with Crippen molar-refractivity contribution in [2.75, 3.05) is 7.11 Å². The number of carbonyl (C=O) groups is 1. The van der Waals surface area contributed by atoms with E-state index in [-0.39, 0.29) is 11.3 Å². The molecule has 98 valence electrons. The van der Waals surface area contributed by atoms with Crippen molar-refractivity contribution < 1.29 is 9.53 Å². The van der Waals surface area contributed by atoms with Gasteiger partial charge in [-0.15, -0.1) is 0 Å². The first-order valence-electron chi connectivity index (χ1n) is 5.47. The van der Waals surface area contributed by atoms with Gasteiger partial charge in [0.05, 0.1) is 18.4 Å². The van der Waals surface area contributed by atoms with Gasteiger partial charge in [-0.3, -0.25) is 9.59 Å². The van der Waals surface area contributed by atoms with Gasteiger partial charge in [0.1, 0.15) is 5.75 Å². The topological polar surface area (TPSA) is 72.1 Å². The Morgan fingerprint density at radius 3 is 2.74 bits per heavy atom. The third-order valence-corrected chi connectivity index (χ3v) is 2.86. The molecule has 1 N–H and O–H groups in total. The lowest BCUT2D eigenvalue weighted by molar-refractivity contribution is 0.101. The number of ether oxygens (including phenoxy) is 1. The second kappa shape index (κ2) is 5.24. The fourth-order valence-electron chi connectivity index (χ4n) is 1.69. The van der Waals surface area contributed by atoms with Crippen LogP contribution in [-0.2, 0) is 0 Å². The number of halogens is 1. The van der Waals surface area contributed by atoms with Gasteiger partial charge in [-0.1, -0.05) is 11.6 Å². The summed E-state index contributed by atoms with van der Waals surface area (Å²) in [5, 5.41) is 6.71. The summed E-state index contributed by atoms with van der Waals surface area (Å²) in [6.07, 6.45) is 0. The molecule has 0 fully saturated rings. The molecule has 0 unspecified atom stereocenters. The van der Waals surface area contributed by atoms with Crippen molar-refractivity contribution in [3.63, 3.8) is 0 Å². The number of Topliss-reactive ketones (excluding diaryl/α,β-unsaturated/α-hetero) is 1. The highest BCUT2D eigenvalue weighted by Crippen LogP contribution is 2.30. The molecular weight excluding hydrogens is 268 g/mol. The number of nitrogens with one attached hydrogen (secondary N) is 1. The van der Waals surface area contributed by atoms with Gasteiger partial charge in [-0.25, -0.2) is 5.10 Å². The Bertz CT molecular complexity index is 695. The van der Waals surface area contributed by atoms with Crippen LogP contribution in [0.5, 0.6) is 5.75 Å². The first kappa shape index (κ1) is 13.3. The predicted octanol–water partition coefficient (Wildman–Crippen LogP) is 2.30. The Morgan fingerprint density at radius 2 is 2.11 bits per heavy atom. The maximum absolute atomic E-state index is 11.5. The van der Waals surface area contributed by atoms with E-state index in [2.05, 4.69) is 10.2 Å². The smallest absolute Gasteiger partial charge is 0.275 e. The van der Waals surface area contributed by atoms with Gasteiger partial charge >= 0.3 is 0 Å². The lowest BCUT2D eigenvalue weighted by Gasteiger charge is -2.08. The summed E-state index contributed by atoms with van der Waals surface area (Å²) in [7, 11) is 1.52. The van der Waals surface area contributed by atoms with Crippen molar-refractivity contribution in [2.24, 2.45) is 0 Å². The molecule has 2 aromatic rings. The Labute approximate surface area is 114 Å². The first-order valence-corrected chi connectivity index (χ1v) is 5.85. The van der Waals surface area contributed by atoms with Crippen molar-refractivity contribution in [3.8, 4) is 17.0 Å². The predicted molar refractivity (Wildman–Crippen MR) is 71.9 cm³/mol. The van der Waals surface area contributed by atoms with Gasteiger partial charge in [0.15, 0.2) is 5.78 Å². The lowest BCUT2D eigenvalue weighted by atomic mass is 10.1. The summed E-state index contributed by atoms with van der Waals surface area (Å²) >= 11 is 5.94. The zero-order valence-electron chi connectivity index (χ0n) is 10.4. The minimum atomic E-state index is -0.516. The fourth-order valence-corrected chi connectivity index (χ4v) is 1.86. The molecule has 19 heavy (non-hydrogen) atoms. The van der Waals surface area contributed by atoms with E-state index in [0.29, 0.717) is 22.0 Å². The highest BCUT2D eigenvalue weighted by Gasteiger charge is 2.13. The van der Waals surface area contributed by atoms with Crippen molar-refractivity contribution in [1.82, 2.24) is 10.2 Å². The average molecular weight is 279 g/mol. The zero-order valence-corrected chi connectivity index (χ0v) is 11.1. The lowest BCUT2D eigenvalue weighted by Crippen LogP contribution is -2.17. The standard InChI is InChI=1S/C13H11ClN2O3/c1-7(17)9-6-11(15-16-13(9)18)10-5-8(14)3-4-12(10)19-2/h3-6H,1-2H3,(H,16,18). The van der Waals surface area contributed by atoms with Crippen LogP contribution in [0.15, 0.2) is 29.1 Å². The molecule has 5 nitrogen and oxygen atoms in total. The summed E-state index contributed by atoms with van der Waals surface area (Å²) in [6.45, 7) is 1.32. The Hall–Kier alpha value is -2.14. The second-order valence-corrected chi connectivity index (χ2v) is 4.33. The van der Waals surface area contributed by atoms with Gasteiger partial charge < -0.3 is 4.74 Å². The van der Waals surface area contributed by atoms with E-state index >= 15 is 0 Å². The number of hydrogen-bond donors (Lipinski definition) is 1. The van der Waals surface area contributed by atoms with Gasteiger partial charge in [0, 0.05) is 10.6 Å². The van der Waals surface area contributed by atoms with Crippen LogP contribution in [0.1, 0.15) is 17.3 Å². The Balaban J connectivity index is 2.65. The number of H-pyrrole nitrogens is 1. The first-order chi connectivity index (χ1) is 9.02. The van der Waals surface area contributed by atoms with Crippen LogP contribution in [-0.4, -0.2) is 23.1 Å². The number of aromatic amines is 1. The molecule has 1 aromatic carbocycles. The van der Waals surface area contributed by atoms with Crippen molar-refractivity contribution >= 4 is 17.4 Å². The van der Waals surface area contributed by atoms with E-state index < -0.39 is 5.56 Å². The summed E-state index contributed by atoms with van der Waals surface area (Å²) in [5.74, 6) is 0.226. The largest absolute Gasteiger partial charge is 0.496 e. The SMILES string of the molecule is COc1ccc(Cl)cc1-c1cc(C(C)=O)c(=O)[nH]n1. The number of benzene rings is 1. The van der Waals surface area contributed by atoms with E-state index in [1.165, 1.54) is 20.1 Å². The number of carbonyl (C=O) groups excluding carboxylic acids is 1. The molecule has 0 aliphatic carbocycles. The van der Waals surface area contributed by atoms with Crippen LogP contribution in [0.3, 0.4) is 0 Å². The van der Waals surface area contributed by atoms with Crippen LogP contribution < -0.4 is 10.3 Å². The van der Waals surface area contributed by atoms with Crippen LogP contribution in [0.25, 0.3) is 11.3 Å². The van der Waals surface area contributed by atoms with Crippen LogP contribution in [0.4, 0.5) is 0 Å². The average Bonchev–Trinajstić information content (AvgIpc) is 2.39. The molecule has 0 bridgehead atoms. The molecule has 0 saturated heterocycles. The number of ketones is 1. The number of rotatable bonds is 3. The van der Waals surface area contributed by atoms with Crippen molar-refractivity contribution in [3.05, 3.63) is 45.2 Å². The summed E-state index contributed by atoms with van der Waals surface area (Å²) in [4.78, 5) is 22.8. The van der Waals surface area contributed by atoms with E-state index in [1.807, 2.05) is 0 Å². The molecule has 0 spiro atoms. The van der Waals surface area contributed by atoms with Crippen molar-refractivity contribution in [2.45, 2.75) is 6.92 Å². The maximum atomic E-state index is 11.5. The molecular formula is C13H11ClN2O3. The number of aromatic nitrogens is 2. The number of nitrogens with zero attached hydrogens (tertiary/aromatic N) is 1. The third-order valence-electron chi connectivity index (χ3n) is 2.62. The molecule has 0 amide bonds. The molecule has 0 saturated carbocycles. The van der Waals surface area contributed by atoms with Gasteiger partial charge in [-0.05, 0) is 31.2 Å². The fraction of sp³-hybridized carbons (Fsp3) is 0.154. The molecule has 2 rings (SSSR count). The quantitative estimate of drug-likeness (QED) is 0.875. The van der Waals surface area contributed by atoms with Crippen molar-refractivity contribution in [1.29, 1.82) is 0 Å². The molecule has 6 heteroatoms. The minimum Gasteiger partial charge on any atom is -0.496 e. The Kier molecular flexibility index (Phi) is 3.66. The zero-order chi connectivity index (χ0) is 14.0. The summed E-state index contributed by atoms with van der Waals surface area (Å²) in [5.41, 5.74) is 0.558. The normalized spacial score (nSPS) is 10.3. The molecule has 0 aliphatic rings. The monoisotopic (exact) mass is 278 g/mol. The second-order valence-electron chi connectivity index (χ2n) is 3.90. The summed E-state index contributed by atoms with van der Waals surface area (Å²) in [6, 6.07) is 6.46. The Morgan fingerprint density at radius 1 is 1.37 bits per heavy atom. The molecule has 1 aromatic heterocycles. The van der Waals surface area contributed by atoms with Crippen LogP contribution >= 0.6 is 11.6 Å². The van der Waals surface area contributed by atoms with E-state index in [4.69, 9.17) is 16.3 Å². The van der Waals surface area contributed by atoms with Crippen LogP contribution in [0, 0.1) is 0 Å². The van der Waals surface area contributed by atoms with E-state index in [1.54, 1.807) is 18.2 Å². The van der Waals surface area contributed by atoms with E-state index in [0.717, 1.165) is 0 Å². The number of hydrogen-bond acceptors (Lipinski definition) is 4. The molecule has 0 radical (unpaired) electrons. The minimum absolute atomic E-state index is 0.0482. The van der Waals surface area contributed by atoms with Gasteiger partial charge in [-0.2, -0.15) is 5.10 Å². The molecule has 0 aliphatic heterocycles. The molecule has 1 heterocycles. The molecule has 0 atom stereocenters. The number of methoxy groups -OCH3 is 1. The van der Waals surface area contributed by atoms with Gasteiger partial charge in [0.2, 0.25) is 0 Å². The third kappa shape index (κ3) is 2.66. The van der Waals surface area contributed by atoms with Crippen LogP contribution in [0.2, 0.25) is 5.02 Å². The summed E-state index contributed by atoms with van der Waals surface area (Å²) < 4.78 is 5.21.